The first-order valence-corrected chi connectivity index (χ1v) is 16.3. The van der Waals surface area contributed by atoms with E-state index in [4.69, 9.17) is 14.2 Å². The highest BCUT2D eigenvalue weighted by Gasteiger charge is 2.09. The fourth-order valence-corrected chi connectivity index (χ4v) is 4.58. The number of nitrogens with one attached hydrogen (secondary N) is 1. The molecule has 0 aliphatic heterocycles. The summed E-state index contributed by atoms with van der Waals surface area (Å²) in [6.45, 7) is 5.66. The molecule has 4 aromatic carbocycles. The summed E-state index contributed by atoms with van der Waals surface area (Å²) in [5.74, 6) is 7.50. The number of hydrogen-bond acceptors (Lipinski definition) is 5. The summed E-state index contributed by atoms with van der Waals surface area (Å²) >= 11 is 0. The Balaban J connectivity index is 1.24. The van der Waals surface area contributed by atoms with Gasteiger partial charge in [-0.25, -0.2) is 4.79 Å². The molecular formula is C40H43NO5. The van der Waals surface area contributed by atoms with Crippen molar-refractivity contribution in [2.45, 2.75) is 65.2 Å². The van der Waals surface area contributed by atoms with Gasteiger partial charge in [-0.1, -0.05) is 70.3 Å². The van der Waals surface area contributed by atoms with Crippen molar-refractivity contribution in [1.82, 2.24) is 0 Å². The highest BCUT2D eigenvalue weighted by molar-refractivity contribution is 6.04. The van der Waals surface area contributed by atoms with Crippen LogP contribution in [-0.4, -0.2) is 25.1 Å². The van der Waals surface area contributed by atoms with Crippen LogP contribution in [0.5, 0.6) is 17.2 Å². The largest absolute Gasteiger partial charge is 0.494 e. The molecule has 1 amide bonds. The van der Waals surface area contributed by atoms with Crippen molar-refractivity contribution in [3.63, 3.8) is 0 Å². The van der Waals surface area contributed by atoms with E-state index in [1.807, 2.05) is 36.4 Å². The van der Waals surface area contributed by atoms with E-state index in [1.165, 1.54) is 32.1 Å². The molecule has 0 fully saturated rings. The SMILES string of the molecule is CCCCCCCCOc1cccc(NC(=O)c2ccc(C#Cc3ccc(OC(=O)c4ccc(OCCCC)cc4)cc3)cc2)c1. The second-order valence-corrected chi connectivity index (χ2v) is 11.1. The molecule has 0 heterocycles. The van der Waals surface area contributed by atoms with Crippen LogP contribution in [0.2, 0.25) is 0 Å². The summed E-state index contributed by atoms with van der Waals surface area (Å²) in [7, 11) is 0. The lowest BCUT2D eigenvalue weighted by Gasteiger charge is -2.09. The second kappa shape index (κ2) is 18.7. The monoisotopic (exact) mass is 617 g/mol. The van der Waals surface area contributed by atoms with Gasteiger partial charge >= 0.3 is 5.97 Å². The Morgan fingerprint density at radius 2 is 1.15 bits per heavy atom. The summed E-state index contributed by atoms with van der Waals surface area (Å²) in [5, 5.41) is 2.95. The molecule has 0 aliphatic rings. The van der Waals surface area contributed by atoms with Gasteiger partial charge in [-0.05, 0) is 97.8 Å². The van der Waals surface area contributed by atoms with Gasteiger partial charge in [0.05, 0.1) is 18.8 Å². The molecule has 0 aliphatic carbocycles. The Kier molecular flexibility index (Phi) is 13.8. The topological polar surface area (TPSA) is 73.9 Å². The number of unbranched alkanes of at least 4 members (excludes halogenated alkanes) is 6. The molecule has 0 bridgehead atoms. The van der Waals surface area contributed by atoms with Crippen molar-refractivity contribution in [3.8, 4) is 29.1 Å². The Bertz CT molecular complexity index is 1580. The first-order valence-electron chi connectivity index (χ1n) is 16.3. The molecule has 0 saturated heterocycles. The van der Waals surface area contributed by atoms with Gasteiger partial charge in [-0.15, -0.1) is 0 Å². The Morgan fingerprint density at radius 3 is 1.85 bits per heavy atom. The van der Waals surface area contributed by atoms with E-state index in [1.54, 1.807) is 60.7 Å². The third kappa shape index (κ3) is 11.5. The predicted octanol–water partition coefficient (Wildman–Crippen LogP) is 9.48. The number of anilines is 1. The average molecular weight is 618 g/mol. The van der Waals surface area contributed by atoms with E-state index in [2.05, 4.69) is 31.0 Å². The van der Waals surface area contributed by atoms with Crippen LogP contribution in [0.1, 0.15) is 97.1 Å². The molecule has 0 atom stereocenters. The third-order valence-electron chi connectivity index (χ3n) is 7.28. The van der Waals surface area contributed by atoms with Crippen molar-refractivity contribution in [2.75, 3.05) is 18.5 Å². The molecular weight excluding hydrogens is 574 g/mol. The van der Waals surface area contributed by atoms with E-state index in [0.29, 0.717) is 35.8 Å². The normalized spacial score (nSPS) is 10.4. The van der Waals surface area contributed by atoms with Crippen LogP contribution in [0.3, 0.4) is 0 Å². The average Bonchev–Trinajstić information content (AvgIpc) is 3.08. The highest BCUT2D eigenvalue weighted by atomic mass is 16.5. The lowest BCUT2D eigenvalue weighted by atomic mass is 10.1. The molecule has 4 aromatic rings. The van der Waals surface area contributed by atoms with Crippen LogP contribution >= 0.6 is 0 Å². The van der Waals surface area contributed by atoms with Crippen LogP contribution in [0.4, 0.5) is 5.69 Å². The minimum absolute atomic E-state index is 0.200. The number of amides is 1. The standard InChI is InChI=1S/C40H43NO5/c1-3-5-7-8-9-10-29-45-38-13-11-12-35(30-38)41-39(42)33-20-16-31(17-21-33)14-15-32-18-24-37(25-19-32)46-40(43)34-22-26-36(27-23-34)44-28-6-4-2/h11-13,16-27,30H,3-10,28-29H2,1-2H3,(H,41,42). The zero-order valence-corrected chi connectivity index (χ0v) is 26.8. The minimum Gasteiger partial charge on any atom is -0.494 e. The number of rotatable bonds is 16. The lowest BCUT2D eigenvalue weighted by Crippen LogP contribution is -2.11. The fourth-order valence-electron chi connectivity index (χ4n) is 4.58. The van der Waals surface area contributed by atoms with E-state index < -0.39 is 5.97 Å². The van der Waals surface area contributed by atoms with Gasteiger partial charge in [0.15, 0.2) is 0 Å². The summed E-state index contributed by atoms with van der Waals surface area (Å²) < 4.78 is 17.0. The van der Waals surface area contributed by atoms with Crippen molar-refractivity contribution in [3.05, 3.63) is 119 Å². The quantitative estimate of drug-likeness (QED) is 0.0587. The van der Waals surface area contributed by atoms with E-state index >= 15 is 0 Å². The van der Waals surface area contributed by atoms with Gasteiger partial charge in [0.25, 0.3) is 5.91 Å². The Labute approximate surface area is 273 Å². The Morgan fingerprint density at radius 1 is 0.587 bits per heavy atom. The summed E-state index contributed by atoms with van der Waals surface area (Å²) in [6.07, 6.45) is 9.33. The maximum atomic E-state index is 12.8. The van der Waals surface area contributed by atoms with E-state index in [9.17, 15) is 9.59 Å². The molecule has 0 saturated carbocycles. The smallest absolute Gasteiger partial charge is 0.343 e. The number of hydrogen-bond donors (Lipinski definition) is 1. The van der Waals surface area contributed by atoms with E-state index in [0.717, 1.165) is 41.9 Å². The van der Waals surface area contributed by atoms with Crippen molar-refractivity contribution in [2.24, 2.45) is 0 Å². The van der Waals surface area contributed by atoms with Crippen LogP contribution in [0.25, 0.3) is 0 Å². The van der Waals surface area contributed by atoms with Crippen LogP contribution in [0, 0.1) is 11.8 Å². The van der Waals surface area contributed by atoms with Gasteiger partial charge in [-0.2, -0.15) is 0 Å². The lowest BCUT2D eigenvalue weighted by molar-refractivity contribution is 0.0734. The van der Waals surface area contributed by atoms with Gasteiger partial charge in [0, 0.05) is 28.4 Å². The number of carbonyl (C=O) groups excluding carboxylic acids is 2. The zero-order valence-electron chi connectivity index (χ0n) is 26.8. The second-order valence-electron chi connectivity index (χ2n) is 11.1. The first-order chi connectivity index (χ1) is 22.5. The number of benzene rings is 4. The predicted molar refractivity (Wildman–Crippen MR) is 184 cm³/mol. The molecule has 238 valence electrons. The van der Waals surface area contributed by atoms with Crippen molar-refractivity contribution in [1.29, 1.82) is 0 Å². The summed E-state index contributed by atoms with van der Waals surface area (Å²) in [4.78, 5) is 25.4. The van der Waals surface area contributed by atoms with Gasteiger partial charge in [-0.3, -0.25) is 4.79 Å². The fraction of sp³-hybridized carbons (Fsp3) is 0.300. The van der Waals surface area contributed by atoms with Crippen LogP contribution < -0.4 is 19.5 Å². The molecule has 6 nitrogen and oxygen atoms in total. The molecule has 1 N–H and O–H groups in total. The number of ether oxygens (including phenoxy) is 3. The molecule has 46 heavy (non-hydrogen) atoms. The number of esters is 1. The minimum atomic E-state index is -0.437. The van der Waals surface area contributed by atoms with Gasteiger partial charge in [0.2, 0.25) is 0 Å². The molecule has 0 spiro atoms. The maximum absolute atomic E-state index is 12.8. The summed E-state index contributed by atoms with van der Waals surface area (Å²) in [6, 6.07) is 28.6. The molecule has 0 unspecified atom stereocenters. The van der Waals surface area contributed by atoms with Crippen LogP contribution in [0.15, 0.2) is 97.1 Å². The summed E-state index contributed by atoms with van der Waals surface area (Å²) in [5.41, 5.74) is 3.22. The van der Waals surface area contributed by atoms with Gasteiger partial charge < -0.3 is 19.5 Å². The zero-order chi connectivity index (χ0) is 32.4. The van der Waals surface area contributed by atoms with Crippen molar-refractivity contribution < 1.29 is 23.8 Å². The molecule has 0 aromatic heterocycles. The molecule has 6 heteroatoms. The molecule has 0 radical (unpaired) electrons. The van der Waals surface area contributed by atoms with E-state index in [-0.39, 0.29) is 5.91 Å². The maximum Gasteiger partial charge on any atom is 0.343 e. The third-order valence-corrected chi connectivity index (χ3v) is 7.28. The van der Waals surface area contributed by atoms with Crippen molar-refractivity contribution >= 4 is 17.6 Å². The Hall–Kier alpha value is -5.02. The number of carbonyl (C=O) groups is 2. The molecule has 4 rings (SSSR count). The highest BCUT2D eigenvalue weighted by Crippen LogP contribution is 2.20. The van der Waals surface area contributed by atoms with Crippen LogP contribution in [-0.2, 0) is 0 Å². The first kappa shape index (κ1) is 33.9. The van der Waals surface area contributed by atoms with Gasteiger partial charge in [0.1, 0.15) is 17.2 Å².